The van der Waals surface area contributed by atoms with Gasteiger partial charge in [0, 0.05) is 11.3 Å². The highest BCUT2D eigenvalue weighted by molar-refractivity contribution is 5.85. The monoisotopic (exact) mass is 274 g/mol. The number of hydrogen-bond acceptors (Lipinski definition) is 4. The summed E-state index contributed by atoms with van der Waals surface area (Å²) in [6.45, 7) is 5.45. The molecule has 2 aromatic rings. The summed E-state index contributed by atoms with van der Waals surface area (Å²) in [5.74, 6) is 0.512. The fourth-order valence-electron chi connectivity index (χ4n) is 1.68. The summed E-state index contributed by atoms with van der Waals surface area (Å²) in [5.41, 5.74) is 7.64. The second-order valence-electron chi connectivity index (χ2n) is 5.40. The normalized spacial score (nSPS) is 11.2. The van der Waals surface area contributed by atoms with Crippen molar-refractivity contribution in [2.45, 2.75) is 26.4 Å². The summed E-state index contributed by atoms with van der Waals surface area (Å²) in [4.78, 5) is 11.6. The predicted octanol–water partition coefficient (Wildman–Crippen LogP) is 3.01. The van der Waals surface area contributed by atoms with E-state index in [9.17, 15) is 4.79 Å². The molecule has 1 heterocycles. The van der Waals surface area contributed by atoms with Crippen LogP contribution in [0.15, 0.2) is 30.5 Å². The van der Waals surface area contributed by atoms with Gasteiger partial charge in [-0.3, -0.25) is 10.4 Å². The molecule has 1 amide bonds. The minimum absolute atomic E-state index is 0.479. The summed E-state index contributed by atoms with van der Waals surface area (Å²) in [6.07, 6.45) is 1.18. The summed E-state index contributed by atoms with van der Waals surface area (Å²) in [5, 5.41) is 9.22. The van der Waals surface area contributed by atoms with Crippen LogP contribution >= 0.6 is 0 Å². The van der Waals surface area contributed by atoms with Crippen molar-refractivity contribution < 1.29 is 9.53 Å². The molecule has 0 spiro atoms. The minimum atomic E-state index is -0.519. The Morgan fingerprint density at radius 1 is 1.30 bits per heavy atom. The fraction of sp³-hybridized carbons (Fsp3) is 0.286. The van der Waals surface area contributed by atoms with Gasteiger partial charge in [0.2, 0.25) is 0 Å². The van der Waals surface area contributed by atoms with Crippen molar-refractivity contribution in [3.05, 3.63) is 30.5 Å². The summed E-state index contributed by atoms with van der Waals surface area (Å²) < 4.78 is 5.18. The van der Waals surface area contributed by atoms with Gasteiger partial charge in [-0.05, 0) is 38.5 Å². The number of hydrogen-bond donors (Lipinski definition) is 3. The van der Waals surface area contributed by atoms with Crippen molar-refractivity contribution in [3.63, 3.8) is 0 Å². The summed E-state index contributed by atoms with van der Waals surface area (Å²) in [6, 6.07) is 7.28. The van der Waals surface area contributed by atoms with Crippen LogP contribution in [0.5, 0.6) is 0 Å². The molecule has 0 unspecified atom stereocenters. The zero-order valence-electron chi connectivity index (χ0n) is 11.7. The largest absolute Gasteiger partial charge is 0.444 e. The number of anilines is 2. The van der Waals surface area contributed by atoms with E-state index in [1.54, 1.807) is 18.3 Å². The van der Waals surface area contributed by atoms with Gasteiger partial charge in [-0.25, -0.2) is 4.79 Å². The lowest BCUT2D eigenvalue weighted by Gasteiger charge is -2.19. The van der Waals surface area contributed by atoms with Gasteiger partial charge in [0.25, 0.3) is 0 Å². The van der Waals surface area contributed by atoms with E-state index in [0.717, 1.165) is 11.1 Å². The number of nitrogens with zero attached hydrogens (tertiary/aromatic N) is 1. The molecule has 4 N–H and O–H groups in total. The molecule has 0 radical (unpaired) electrons. The number of aromatic amines is 1. The molecule has 0 saturated heterocycles. The van der Waals surface area contributed by atoms with Crippen molar-refractivity contribution in [1.29, 1.82) is 0 Å². The molecular formula is C14H18N4O2. The molecule has 106 valence electrons. The zero-order valence-corrected chi connectivity index (χ0v) is 11.7. The number of carbonyl (C=O) groups excluding carboxylic acids is 1. The van der Waals surface area contributed by atoms with Gasteiger partial charge >= 0.3 is 6.09 Å². The number of carbonyl (C=O) groups is 1. The smallest absolute Gasteiger partial charge is 0.412 e. The Labute approximate surface area is 117 Å². The second kappa shape index (κ2) is 5.24. The van der Waals surface area contributed by atoms with Gasteiger partial charge in [0.1, 0.15) is 11.4 Å². The highest BCUT2D eigenvalue weighted by Crippen LogP contribution is 2.25. The van der Waals surface area contributed by atoms with Crippen LogP contribution in [-0.4, -0.2) is 21.9 Å². The van der Waals surface area contributed by atoms with Crippen LogP contribution in [0.4, 0.5) is 16.3 Å². The van der Waals surface area contributed by atoms with Crippen LogP contribution in [0, 0.1) is 0 Å². The lowest BCUT2D eigenvalue weighted by molar-refractivity contribution is 0.0636. The number of amides is 1. The van der Waals surface area contributed by atoms with Crippen molar-refractivity contribution in [1.82, 2.24) is 10.2 Å². The van der Waals surface area contributed by atoms with Gasteiger partial charge < -0.3 is 10.5 Å². The Hall–Kier alpha value is -2.50. The molecule has 0 aliphatic heterocycles. The highest BCUT2D eigenvalue weighted by Gasteiger charge is 2.16. The number of H-pyrrole nitrogens is 1. The average molecular weight is 274 g/mol. The number of rotatable bonds is 2. The molecule has 2 rings (SSSR count). The van der Waals surface area contributed by atoms with Crippen LogP contribution in [0.2, 0.25) is 0 Å². The Bertz CT molecular complexity index is 596. The Balaban J connectivity index is 2.06. The number of nitrogen functional groups attached to an aromatic ring is 1. The van der Waals surface area contributed by atoms with Gasteiger partial charge in [-0.1, -0.05) is 12.1 Å². The molecule has 0 atom stereocenters. The van der Waals surface area contributed by atoms with E-state index in [-0.39, 0.29) is 0 Å². The molecule has 20 heavy (non-hydrogen) atoms. The van der Waals surface area contributed by atoms with E-state index >= 15 is 0 Å². The van der Waals surface area contributed by atoms with Crippen LogP contribution < -0.4 is 11.1 Å². The topological polar surface area (TPSA) is 93.0 Å². The molecule has 0 fully saturated rings. The van der Waals surface area contributed by atoms with Gasteiger partial charge in [0.05, 0.1) is 6.20 Å². The quantitative estimate of drug-likeness (QED) is 0.784. The van der Waals surface area contributed by atoms with Gasteiger partial charge in [0.15, 0.2) is 0 Å². The second-order valence-corrected chi connectivity index (χ2v) is 5.40. The molecule has 6 heteroatoms. The lowest BCUT2D eigenvalue weighted by atomic mass is 10.1. The maximum atomic E-state index is 11.6. The van der Waals surface area contributed by atoms with E-state index < -0.39 is 11.7 Å². The third kappa shape index (κ3) is 3.50. The minimum Gasteiger partial charge on any atom is -0.444 e. The Morgan fingerprint density at radius 2 is 1.95 bits per heavy atom. The van der Waals surface area contributed by atoms with Crippen molar-refractivity contribution in [3.8, 4) is 11.1 Å². The summed E-state index contributed by atoms with van der Waals surface area (Å²) >= 11 is 0. The molecular weight excluding hydrogens is 256 g/mol. The van der Waals surface area contributed by atoms with Crippen molar-refractivity contribution in [2.24, 2.45) is 0 Å². The van der Waals surface area contributed by atoms with Crippen LogP contribution in [0.25, 0.3) is 11.1 Å². The van der Waals surface area contributed by atoms with Gasteiger partial charge in [-0.2, -0.15) is 5.10 Å². The number of ether oxygens (including phenoxy) is 1. The van der Waals surface area contributed by atoms with E-state index in [4.69, 9.17) is 10.5 Å². The van der Waals surface area contributed by atoms with Crippen LogP contribution in [0.1, 0.15) is 20.8 Å². The number of nitrogens with one attached hydrogen (secondary N) is 2. The first kappa shape index (κ1) is 13.9. The Kier molecular flexibility index (Phi) is 3.65. The Morgan fingerprint density at radius 3 is 2.45 bits per heavy atom. The standard InChI is InChI=1S/C14H18N4O2/c1-14(2,3)20-13(19)17-10-6-4-9(5-7-10)11-8-16-18-12(11)15/h4-8H,1-3H3,(H,17,19)(H3,15,16,18). The van der Waals surface area contributed by atoms with E-state index in [2.05, 4.69) is 15.5 Å². The molecule has 6 nitrogen and oxygen atoms in total. The van der Waals surface area contributed by atoms with E-state index in [0.29, 0.717) is 11.5 Å². The highest BCUT2D eigenvalue weighted by atomic mass is 16.6. The average Bonchev–Trinajstić information content (AvgIpc) is 2.74. The maximum Gasteiger partial charge on any atom is 0.412 e. The van der Waals surface area contributed by atoms with Crippen LogP contribution in [-0.2, 0) is 4.74 Å². The van der Waals surface area contributed by atoms with Crippen molar-refractivity contribution in [2.75, 3.05) is 11.1 Å². The lowest BCUT2D eigenvalue weighted by Crippen LogP contribution is -2.27. The fourth-order valence-corrected chi connectivity index (χ4v) is 1.68. The number of nitrogens with two attached hydrogens (primary N) is 1. The SMILES string of the molecule is CC(C)(C)OC(=O)Nc1ccc(-c2cn[nH]c2N)cc1. The molecule has 0 saturated carbocycles. The molecule has 1 aromatic carbocycles. The number of aromatic nitrogens is 2. The van der Waals surface area contributed by atoms with E-state index in [1.165, 1.54) is 0 Å². The summed E-state index contributed by atoms with van der Waals surface area (Å²) in [7, 11) is 0. The first-order valence-electron chi connectivity index (χ1n) is 6.24. The molecule has 0 aliphatic carbocycles. The molecule has 0 bridgehead atoms. The zero-order chi connectivity index (χ0) is 14.8. The third-order valence-electron chi connectivity index (χ3n) is 2.51. The molecule has 1 aromatic heterocycles. The van der Waals surface area contributed by atoms with Gasteiger partial charge in [-0.15, -0.1) is 0 Å². The van der Waals surface area contributed by atoms with E-state index in [1.807, 2.05) is 32.9 Å². The maximum absolute atomic E-state index is 11.6. The first-order chi connectivity index (χ1) is 9.35. The first-order valence-corrected chi connectivity index (χ1v) is 6.24. The third-order valence-corrected chi connectivity index (χ3v) is 2.51. The predicted molar refractivity (Wildman–Crippen MR) is 78.3 cm³/mol. The van der Waals surface area contributed by atoms with Crippen molar-refractivity contribution >= 4 is 17.6 Å². The van der Waals surface area contributed by atoms with Crippen LogP contribution in [0.3, 0.4) is 0 Å². The molecule has 0 aliphatic rings. The number of benzene rings is 1.